The number of fused-ring (bicyclic) bond motifs is 1. The zero-order chi connectivity index (χ0) is 14.8. The summed E-state index contributed by atoms with van der Waals surface area (Å²) in [5, 5.41) is 0. The number of allylic oxidation sites excluding steroid dienone is 4. The number of hydrogen-bond donors (Lipinski definition) is 0. The topological polar surface area (TPSA) is 21.8 Å². The van der Waals surface area contributed by atoms with Crippen LogP contribution in [0.25, 0.3) is 0 Å². The largest absolute Gasteiger partial charge is 0.495 e. The second-order valence-corrected chi connectivity index (χ2v) is 4.18. The van der Waals surface area contributed by atoms with E-state index in [1.54, 1.807) is 0 Å². The van der Waals surface area contributed by atoms with Gasteiger partial charge in [0, 0.05) is 5.92 Å². The average Bonchev–Trinajstić information content (AvgIpc) is 3.42. The Morgan fingerprint density at radius 3 is 2.26 bits per heavy atom. The molecular weight excluding hydrogens is 236 g/mol. The van der Waals surface area contributed by atoms with Gasteiger partial charge in [0.05, 0.1) is 6.61 Å². The number of epoxide rings is 1. The van der Waals surface area contributed by atoms with E-state index in [4.69, 9.17) is 9.47 Å². The highest BCUT2D eigenvalue weighted by molar-refractivity contribution is 5.28. The molecule has 4 atom stereocenters. The van der Waals surface area contributed by atoms with Crippen LogP contribution >= 0.6 is 0 Å². The third kappa shape index (κ3) is 5.40. The Hall–Kier alpha value is -0.760. The van der Waals surface area contributed by atoms with Crippen LogP contribution in [0.4, 0.5) is 0 Å². The number of hydrogen-bond acceptors (Lipinski definition) is 2. The van der Waals surface area contributed by atoms with Crippen molar-refractivity contribution in [2.75, 3.05) is 13.2 Å². The van der Waals surface area contributed by atoms with Gasteiger partial charge < -0.3 is 9.47 Å². The van der Waals surface area contributed by atoms with Crippen LogP contribution in [-0.2, 0) is 9.47 Å². The summed E-state index contributed by atoms with van der Waals surface area (Å²) in [4.78, 5) is 0. The third-order valence-electron chi connectivity index (χ3n) is 3.21. The summed E-state index contributed by atoms with van der Waals surface area (Å²) in [5.41, 5.74) is 0. The second kappa shape index (κ2) is 10.1. The summed E-state index contributed by atoms with van der Waals surface area (Å²) < 4.78 is 10.8. The summed E-state index contributed by atoms with van der Waals surface area (Å²) in [7, 11) is 0. The molecule has 1 saturated heterocycles. The van der Waals surface area contributed by atoms with E-state index in [0.717, 1.165) is 25.0 Å². The van der Waals surface area contributed by atoms with Crippen LogP contribution in [-0.4, -0.2) is 19.3 Å². The molecule has 2 heteroatoms. The van der Waals surface area contributed by atoms with Gasteiger partial charge in [0.1, 0.15) is 18.5 Å². The van der Waals surface area contributed by atoms with Gasteiger partial charge in [0.25, 0.3) is 0 Å². The lowest BCUT2D eigenvalue weighted by Crippen LogP contribution is -2.04. The molecule has 3 rings (SSSR count). The molecule has 3 aliphatic rings. The summed E-state index contributed by atoms with van der Waals surface area (Å²) in [6.45, 7) is 15.9. The predicted octanol–water partition coefficient (Wildman–Crippen LogP) is 4.82. The molecule has 0 spiro atoms. The highest BCUT2D eigenvalue weighted by Gasteiger charge is 2.49. The van der Waals surface area contributed by atoms with E-state index >= 15 is 0 Å². The van der Waals surface area contributed by atoms with Crippen molar-refractivity contribution >= 4 is 0 Å². The van der Waals surface area contributed by atoms with E-state index < -0.39 is 0 Å². The normalized spacial score (nSPS) is 31.8. The molecule has 4 unspecified atom stereocenters. The molecule has 0 aromatic carbocycles. The molecule has 0 radical (unpaired) electrons. The minimum atomic E-state index is 0.374. The Kier molecular flexibility index (Phi) is 9.68. The molecule has 2 aliphatic carbocycles. The molecule has 2 fully saturated rings. The molecule has 0 aromatic heterocycles. The maximum absolute atomic E-state index is 5.72. The van der Waals surface area contributed by atoms with Crippen molar-refractivity contribution in [3.63, 3.8) is 0 Å². The Bertz CT molecular complexity index is 277. The maximum Gasteiger partial charge on any atom is 0.116 e. The molecule has 1 saturated carbocycles. The van der Waals surface area contributed by atoms with Crippen molar-refractivity contribution < 1.29 is 9.47 Å². The van der Waals surface area contributed by atoms with E-state index in [1.807, 2.05) is 41.5 Å². The van der Waals surface area contributed by atoms with Crippen molar-refractivity contribution in [3.05, 3.63) is 24.0 Å². The Balaban J connectivity index is 0.000000482. The molecule has 2 nitrogen and oxygen atoms in total. The average molecular weight is 268 g/mol. The first-order valence-corrected chi connectivity index (χ1v) is 7.99. The van der Waals surface area contributed by atoms with E-state index in [-0.39, 0.29) is 0 Å². The first kappa shape index (κ1) is 18.2. The Morgan fingerprint density at radius 1 is 1.16 bits per heavy atom. The van der Waals surface area contributed by atoms with Gasteiger partial charge in [-0.3, -0.25) is 0 Å². The van der Waals surface area contributed by atoms with E-state index in [1.165, 1.54) is 5.76 Å². The molecule has 0 N–H and O–H groups in total. The molecule has 112 valence electrons. The molecular formula is C17H32O2. The van der Waals surface area contributed by atoms with E-state index in [2.05, 4.69) is 25.2 Å². The van der Waals surface area contributed by atoms with E-state index in [9.17, 15) is 0 Å². The standard InChI is InChI=1S/C11H14O2.3C2H6/c1-7-9-3-2-4-10(11(7)9)13-6-8-5-12-8;3*1-2/h2-4,7-9,11H,5-6H2,1H3;3*1-2H3. The second-order valence-electron chi connectivity index (χ2n) is 4.18. The van der Waals surface area contributed by atoms with Crippen molar-refractivity contribution in [1.29, 1.82) is 0 Å². The predicted molar refractivity (Wildman–Crippen MR) is 83.1 cm³/mol. The lowest BCUT2D eigenvalue weighted by Gasteiger charge is -2.09. The third-order valence-corrected chi connectivity index (χ3v) is 3.21. The van der Waals surface area contributed by atoms with Crippen molar-refractivity contribution in [1.82, 2.24) is 0 Å². The fraction of sp³-hybridized carbons (Fsp3) is 0.765. The molecule has 19 heavy (non-hydrogen) atoms. The van der Waals surface area contributed by atoms with Gasteiger partial charge in [-0.2, -0.15) is 0 Å². The molecule has 0 aromatic rings. The first-order valence-electron chi connectivity index (χ1n) is 7.99. The monoisotopic (exact) mass is 268 g/mol. The van der Waals surface area contributed by atoms with Crippen LogP contribution in [0, 0.1) is 17.8 Å². The van der Waals surface area contributed by atoms with Crippen LogP contribution in [0.2, 0.25) is 0 Å². The van der Waals surface area contributed by atoms with Gasteiger partial charge in [-0.1, -0.05) is 60.6 Å². The fourth-order valence-electron chi connectivity index (χ4n) is 2.13. The summed E-state index contributed by atoms with van der Waals surface area (Å²) >= 11 is 0. The van der Waals surface area contributed by atoms with Crippen molar-refractivity contribution in [2.45, 2.75) is 54.6 Å². The fourth-order valence-corrected chi connectivity index (χ4v) is 2.13. The maximum atomic E-state index is 5.72. The summed E-state index contributed by atoms with van der Waals surface area (Å²) in [6.07, 6.45) is 6.88. The van der Waals surface area contributed by atoms with Crippen LogP contribution < -0.4 is 0 Å². The number of rotatable bonds is 3. The molecule has 0 amide bonds. The van der Waals surface area contributed by atoms with Crippen LogP contribution in [0.15, 0.2) is 24.0 Å². The highest BCUT2D eigenvalue weighted by Crippen LogP contribution is 2.53. The zero-order valence-corrected chi connectivity index (χ0v) is 13.8. The minimum absolute atomic E-state index is 0.374. The Morgan fingerprint density at radius 2 is 1.74 bits per heavy atom. The summed E-state index contributed by atoms with van der Waals surface area (Å²) in [5.74, 6) is 3.38. The Labute approximate surface area is 119 Å². The van der Waals surface area contributed by atoms with Gasteiger partial charge in [-0.15, -0.1) is 0 Å². The summed E-state index contributed by atoms with van der Waals surface area (Å²) in [6, 6.07) is 0. The van der Waals surface area contributed by atoms with Crippen molar-refractivity contribution in [2.24, 2.45) is 17.8 Å². The zero-order valence-electron chi connectivity index (χ0n) is 13.8. The van der Waals surface area contributed by atoms with Gasteiger partial charge in [-0.05, 0) is 17.9 Å². The van der Waals surface area contributed by atoms with E-state index in [0.29, 0.717) is 12.0 Å². The lowest BCUT2D eigenvalue weighted by atomic mass is 10.2. The van der Waals surface area contributed by atoms with Crippen LogP contribution in [0.1, 0.15) is 48.5 Å². The van der Waals surface area contributed by atoms with Crippen LogP contribution in [0.5, 0.6) is 0 Å². The van der Waals surface area contributed by atoms with Gasteiger partial charge in [-0.25, -0.2) is 0 Å². The first-order chi connectivity index (χ1) is 9.36. The van der Waals surface area contributed by atoms with Crippen molar-refractivity contribution in [3.8, 4) is 0 Å². The van der Waals surface area contributed by atoms with Gasteiger partial charge >= 0.3 is 0 Å². The quantitative estimate of drug-likeness (QED) is 0.685. The lowest BCUT2D eigenvalue weighted by molar-refractivity contribution is 0.167. The highest BCUT2D eigenvalue weighted by atomic mass is 16.6. The SMILES string of the molecule is CC.CC.CC.CC1C2C=CC=C(OCC3CO3)C12. The minimum Gasteiger partial charge on any atom is -0.495 e. The number of ether oxygens (including phenoxy) is 2. The van der Waals surface area contributed by atoms with Crippen LogP contribution in [0.3, 0.4) is 0 Å². The molecule has 0 bridgehead atoms. The molecule has 1 aliphatic heterocycles. The molecule has 1 heterocycles. The smallest absolute Gasteiger partial charge is 0.116 e. The van der Waals surface area contributed by atoms with Gasteiger partial charge in [0.2, 0.25) is 0 Å². The van der Waals surface area contributed by atoms with Gasteiger partial charge in [0.15, 0.2) is 0 Å².